The van der Waals surface area contributed by atoms with Gasteiger partial charge in [0.05, 0.1) is 6.42 Å². The number of aliphatic carboxylic acids is 2. The summed E-state index contributed by atoms with van der Waals surface area (Å²) in [4.78, 5) is 46.4. The molecule has 1 fully saturated rings. The van der Waals surface area contributed by atoms with E-state index >= 15 is 0 Å². The third kappa shape index (κ3) is 4.42. The number of amides is 2. The molecule has 1 rings (SSSR count). The lowest BCUT2D eigenvalue weighted by atomic mass is 10.2. The molecule has 0 radical (unpaired) electrons. The lowest BCUT2D eigenvalue weighted by Gasteiger charge is -2.25. The summed E-state index contributed by atoms with van der Waals surface area (Å²) in [6, 6.07) is -3.15. The summed E-state index contributed by atoms with van der Waals surface area (Å²) in [5.41, 5.74) is 5.22. The number of rotatable bonds is 6. The quantitative estimate of drug-likeness (QED) is 0.460. The van der Waals surface area contributed by atoms with Crippen molar-refractivity contribution in [3.05, 3.63) is 0 Å². The van der Waals surface area contributed by atoms with Gasteiger partial charge in [-0.25, -0.2) is 4.79 Å². The monoisotopic (exact) mass is 301 g/mol. The molecule has 5 N–H and O–H groups in total. The van der Waals surface area contributed by atoms with E-state index in [4.69, 9.17) is 15.9 Å². The molecule has 1 saturated heterocycles. The van der Waals surface area contributed by atoms with E-state index in [1.54, 1.807) is 0 Å². The standard InChI is InChI=1S/C12H19N3O6/c1-6(14-9(16)5-7(13)11(18)19)10(17)15-4-2-3-8(15)12(20)21/h6-8H,2-5,13H2,1H3,(H,14,16)(H,18,19)(H,20,21)/t6-,7+,8-/m0/s1. The smallest absolute Gasteiger partial charge is 0.326 e. The minimum absolute atomic E-state index is 0.324. The van der Waals surface area contributed by atoms with Crippen molar-refractivity contribution in [2.75, 3.05) is 6.54 Å². The number of carbonyl (C=O) groups excluding carboxylic acids is 2. The molecule has 0 aromatic carbocycles. The maximum Gasteiger partial charge on any atom is 0.326 e. The zero-order chi connectivity index (χ0) is 16.2. The first-order chi connectivity index (χ1) is 9.73. The van der Waals surface area contributed by atoms with Crippen LogP contribution in [0.5, 0.6) is 0 Å². The summed E-state index contributed by atoms with van der Waals surface area (Å²) >= 11 is 0. The summed E-state index contributed by atoms with van der Waals surface area (Å²) in [6.07, 6.45) is 0.522. The van der Waals surface area contributed by atoms with Gasteiger partial charge in [0.1, 0.15) is 18.1 Å². The Labute approximate surface area is 121 Å². The van der Waals surface area contributed by atoms with Crippen molar-refractivity contribution in [1.29, 1.82) is 0 Å². The van der Waals surface area contributed by atoms with Gasteiger partial charge < -0.3 is 26.2 Å². The van der Waals surface area contributed by atoms with E-state index in [0.29, 0.717) is 19.4 Å². The number of nitrogens with two attached hydrogens (primary N) is 1. The number of hydrogen-bond donors (Lipinski definition) is 4. The molecule has 0 aliphatic carbocycles. The SMILES string of the molecule is C[C@H](NC(=O)C[C@@H](N)C(=O)O)C(=O)N1CCC[C@H]1C(=O)O. The van der Waals surface area contributed by atoms with Crippen LogP contribution in [0.25, 0.3) is 0 Å². The van der Waals surface area contributed by atoms with Crippen LogP contribution >= 0.6 is 0 Å². The highest BCUT2D eigenvalue weighted by molar-refractivity contribution is 5.91. The second-order valence-corrected chi connectivity index (χ2v) is 4.97. The number of carboxylic acid groups (broad SMARTS) is 2. The Morgan fingerprint density at radius 1 is 1.33 bits per heavy atom. The van der Waals surface area contributed by atoms with Gasteiger partial charge in [0, 0.05) is 6.54 Å². The number of carbonyl (C=O) groups is 4. The Bertz CT molecular complexity index is 452. The number of nitrogens with one attached hydrogen (secondary N) is 1. The van der Waals surface area contributed by atoms with Gasteiger partial charge in [-0.15, -0.1) is 0 Å². The molecule has 0 bridgehead atoms. The van der Waals surface area contributed by atoms with Crippen LogP contribution in [0.2, 0.25) is 0 Å². The number of carboxylic acids is 2. The molecule has 3 atom stereocenters. The van der Waals surface area contributed by atoms with Crippen molar-refractivity contribution in [3.63, 3.8) is 0 Å². The molecule has 2 amide bonds. The van der Waals surface area contributed by atoms with Gasteiger partial charge in [-0.3, -0.25) is 14.4 Å². The van der Waals surface area contributed by atoms with Crippen LogP contribution in [0.1, 0.15) is 26.2 Å². The summed E-state index contributed by atoms with van der Waals surface area (Å²) in [7, 11) is 0. The molecule has 0 unspecified atom stereocenters. The van der Waals surface area contributed by atoms with Gasteiger partial charge in [0.2, 0.25) is 11.8 Å². The predicted octanol–water partition coefficient (Wildman–Crippen LogP) is -1.63. The van der Waals surface area contributed by atoms with Crippen molar-refractivity contribution < 1.29 is 29.4 Å². The first kappa shape index (κ1) is 16.9. The molecule has 1 aliphatic rings. The summed E-state index contributed by atoms with van der Waals surface area (Å²) < 4.78 is 0. The summed E-state index contributed by atoms with van der Waals surface area (Å²) in [6.45, 7) is 1.74. The van der Waals surface area contributed by atoms with Gasteiger partial charge in [-0.05, 0) is 19.8 Å². The lowest BCUT2D eigenvalue weighted by Crippen LogP contribution is -2.51. The van der Waals surface area contributed by atoms with Crippen molar-refractivity contribution in [3.8, 4) is 0 Å². The molecular formula is C12H19N3O6. The van der Waals surface area contributed by atoms with E-state index in [1.807, 2.05) is 0 Å². The lowest BCUT2D eigenvalue weighted by molar-refractivity contribution is -0.149. The van der Waals surface area contributed by atoms with E-state index in [-0.39, 0.29) is 0 Å². The topological polar surface area (TPSA) is 150 Å². The van der Waals surface area contributed by atoms with Gasteiger partial charge in [0.25, 0.3) is 0 Å². The minimum atomic E-state index is -1.34. The maximum atomic E-state index is 12.1. The molecular weight excluding hydrogens is 282 g/mol. The predicted molar refractivity (Wildman–Crippen MR) is 70.2 cm³/mol. The van der Waals surface area contributed by atoms with E-state index in [0.717, 1.165) is 0 Å². The fourth-order valence-electron chi connectivity index (χ4n) is 2.19. The Kier molecular flexibility index (Phi) is 5.65. The molecule has 1 heterocycles. The highest BCUT2D eigenvalue weighted by Crippen LogP contribution is 2.18. The van der Waals surface area contributed by atoms with Crippen LogP contribution in [-0.4, -0.2) is 63.5 Å². The van der Waals surface area contributed by atoms with Gasteiger partial charge in [-0.1, -0.05) is 0 Å². The largest absolute Gasteiger partial charge is 0.480 e. The van der Waals surface area contributed by atoms with Crippen LogP contribution < -0.4 is 11.1 Å². The second kappa shape index (κ2) is 7.02. The molecule has 0 aromatic rings. The Morgan fingerprint density at radius 3 is 2.48 bits per heavy atom. The first-order valence-corrected chi connectivity index (χ1v) is 6.55. The number of likely N-dealkylation sites (tertiary alicyclic amines) is 1. The molecule has 0 aromatic heterocycles. The highest BCUT2D eigenvalue weighted by atomic mass is 16.4. The minimum Gasteiger partial charge on any atom is -0.480 e. The molecule has 9 heteroatoms. The van der Waals surface area contributed by atoms with Crippen LogP contribution in [0.4, 0.5) is 0 Å². The average Bonchev–Trinajstić information content (AvgIpc) is 2.86. The Hall–Kier alpha value is -2.16. The van der Waals surface area contributed by atoms with Gasteiger partial charge in [-0.2, -0.15) is 0 Å². The zero-order valence-electron chi connectivity index (χ0n) is 11.6. The summed E-state index contributed by atoms with van der Waals surface area (Å²) in [5, 5.41) is 19.9. The van der Waals surface area contributed by atoms with Gasteiger partial charge >= 0.3 is 11.9 Å². The maximum absolute atomic E-state index is 12.1. The molecule has 1 aliphatic heterocycles. The third-order valence-corrected chi connectivity index (χ3v) is 3.29. The fraction of sp³-hybridized carbons (Fsp3) is 0.667. The van der Waals surface area contributed by atoms with Gasteiger partial charge in [0.15, 0.2) is 0 Å². The van der Waals surface area contributed by atoms with E-state index in [2.05, 4.69) is 5.32 Å². The first-order valence-electron chi connectivity index (χ1n) is 6.55. The number of nitrogens with zero attached hydrogens (tertiary/aromatic N) is 1. The van der Waals surface area contributed by atoms with Crippen molar-refractivity contribution in [2.24, 2.45) is 5.73 Å². The molecule has 0 saturated carbocycles. The molecule has 0 spiro atoms. The second-order valence-electron chi connectivity index (χ2n) is 4.97. The Morgan fingerprint density at radius 2 is 1.95 bits per heavy atom. The highest BCUT2D eigenvalue weighted by Gasteiger charge is 2.36. The summed E-state index contributed by atoms with van der Waals surface area (Å²) in [5.74, 6) is -3.56. The van der Waals surface area contributed by atoms with Crippen molar-refractivity contribution in [2.45, 2.75) is 44.3 Å². The third-order valence-electron chi connectivity index (χ3n) is 3.29. The van der Waals surface area contributed by atoms with Crippen LogP contribution in [0.3, 0.4) is 0 Å². The Balaban J connectivity index is 2.56. The van der Waals surface area contributed by atoms with E-state index < -0.39 is 48.3 Å². The van der Waals surface area contributed by atoms with Crippen molar-refractivity contribution in [1.82, 2.24) is 10.2 Å². The van der Waals surface area contributed by atoms with E-state index in [9.17, 15) is 19.2 Å². The van der Waals surface area contributed by atoms with Crippen LogP contribution in [-0.2, 0) is 19.2 Å². The van der Waals surface area contributed by atoms with Crippen LogP contribution in [0.15, 0.2) is 0 Å². The average molecular weight is 301 g/mol. The van der Waals surface area contributed by atoms with Crippen molar-refractivity contribution >= 4 is 23.8 Å². The zero-order valence-corrected chi connectivity index (χ0v) is 11.6. The normalized spacial score (nSPS) is 20.7. The molecule has 21 heavy (non-hydrogen) atoms. The number of hydrogen-bond acceptors (Lipinski definition) is 5. The fourth-order valence-corrected chi connectivity index (χ4v) is 2.19. The molecule has 9 nitrogen and oxygen atoms in total. The molecule has 118 valence electrons. The van der Waals surface area contributed by atoms with E-state index in [1.165, 1.54) is 11.8 Å². The van der Waals surface area contributed by atoms with Crippen LogP contribution in [0, 0.1) is 0 Å².